The van der Waals surface area contributed by atoms with Crippen LogP contribution in [-0.2, 0) is 4.74 Å². The first kappa shape index (κ1) is 21.1. The molecule has 2 N–H and O–H groups in total. The minimum atomic E-state index is -0.720. The summed E-state index contributed by atoms with van der Waals surface area (Å²) in [5, 5.41) is 16.9. The smallest absolute Gasteiger partial charge is 0.407 e. The zero-order chi connectivity index (χ0) is 20.4. The lowest BCUT2D eigenvalue weighted by Gasteiger charge is -2.19. The first-order chi connectivity index (χ1) is 12.5. The molecule has 1 heterocycles. The molecular weight excluding hydrogens is 447 g/mol. The van der Waals surface area contributed by atoms with Crippen molar-refractivity contribution in [2.45, 2.75) is 26.4 Å². The standard InChI is InChI=1S/C16H17BrClFN4O4/c1-16(2,3)27-15(24)21-5-4-20-13-8-6-9(18)11(17)12(19)14(8)22-7-10(13)23(25)26/h6-7H,4-5H2,1-3H3,(H,20,22)(H,21,24). The number of carbonyl (C=O) groups is 1. The van der Waals surface area contributed by atoms with Crippen molar-refractivity contribution in [1.82, 2.24) is 10.3 Å². The number of fused-ring (bicyclic) bond motifs is 1. The molecular formula is C16H17BrClFN4O4. The van der Waals surface area contributed by atoms with Gasteiger partial charge in [0.25, 0.3) is 0 Å². The Morgan fingerprint density at radius 3 is 2.70 bits per heavy atom. The van der Waals surface area contributed by atoms with E-state index in [1.807, 2.05) is 0 Å². The van der Waals surface area contributed by atoms with Gasteiger partial charge in [0.05, 0.1) is 14.4 Å². The van der Waals surface area contributed by atoms with Gasteiger partial charge in [-0.3, -0.25) is 10.1 Å². The summed E-state index contributed by atoms with van der Waals surface area (Å²) >= 11 is 8.99. The zero-order valence-electron chi connectivity index (χ0n) is 14.7. The lowest BCUT2D eigenvalue weighted by Crippen LogP contribution is -2.35. The highest BCUT2D eigenvalue weighted by Crippen LogP contribution is 2.38. The number of carbonyl (C=O) groups excluding carboxylic acids is 1. The Morgan fingerprint density at radius 2 is 2.11 bits per heavy atom. The summed E-state index contributed by atoms with van der Waals surface area (Å²) < 4.78 is 19.5. The van der Waals surface area contributed by atoms with E-state index in [0.717, 1.165) is 6.20 Å². The van der Waals surface area contributed by atoms with E-state index in [0.29, 0.717) is 0 Å². The lowest BCUT2D eigenvalue weighted by atomic mass is 10.1. The van der Waals surface area contributed by atoms with E-state index in [1.165, 1.54) is 6.07 Å². The summed E-state index contributed by atoms with van der Waals surface area (Å²) in [7, 11) is 0. The van der Waals surface area contributed by atoms with Crippen LogP contribution in [0, 0.1) is 15.9 Å². The Hall–Kier alpha value is -2.20. The second-order valence-corrected chi connectivity index (χ2v) is 7.71. The quantitative estimate of drug-likeness (QED) is 0.290. The summed E-state index contributed by atoms with van der Waals surface area (Å²) in [6, 6.07) is 1.38. The van der Waals surface area contributed by atoms with E-state index in [2.05, 4.69) is 31.5 Å². The number of nitro groups is 1. The van der Waals surface area contributed by atoms with Gasteiger partial charge in [-0.05, 0) is 42.8 Å². The van der Waals surface area contributed by atoms with Crippen LogP contribution >= 0.6 is 27.5 Å². The van der Waals surface area contributed by atoms with E-state index in [4.69, 9.17) is 16.3 Å². The lowest BCUT2D eigenvalue weighted by molar-refractivity contribution is -0.384. The molecule has 11 heteroatoms. The Balaban J connectivity index is 2.24. The molecule has 146 valence electrons. The van der Waals surface area contributed by atoms with Crippen molar-refractivity contribution in [3.05, 3.63) is 37.7 Å². The molecule has 0 aliphatic rings. The van der Waals surface area contributed by atoms with Crippen molar-refractivity contribution in [3.8, 4) is 0 Å². The number of ether oxygens (including phenoxy) is 1. The average Bonchev–Trinajstić information content (AvgIpc) is 2.55. The highest BCUT2D eigenvalue weighted by molar-refractivity contribution is 9.10. The Morgan fingerprint density at radius 1 is 1.44 bits per heavy atom. The van der Waals surface area contributed by atoms with Crippen molar-refractivity contribution in [2.24, 2.45) is 0 Å². The fourth-order valence-electron chi connectivity index (χ4n) is 2.22. The first-order valence-electron chi connectivity index (χ1n) is 7.82. The van der Waals surface area contributed by atoms with Gasteiger partial charge in [-0.2, -0.15) is 0 Å². The number of anilines is 1. The van der Waals surface area contributed by atoms with Gasteiger partial charge in [-0.15, -0.1) is 0 Å². The van der Waals surface area contributed by atoms with Gasteiger partial charge >= 0.3 is 11.8 Å². The van der Waals surface area contributed by atoms with Crippen LogP contribution in [0.5, 0.6) is 0 Å². The second kappa shape index (κ2) is 8.22. The molecule has 0 spiro atoms. The maximum absolute atomic E-state index is 14.4. The molecule has 1 aromatic heterocycles. The summed E-state index contributed by atoms with van der Waals surface area (Å²) in [5.74, 6) is -0.720. The Bertz CT molecular complexity index is 904. The third-order valence-corrected chi connectivity index (χ3v) is 4.57. The van der Waals surface area contributed by atoms with Crippen molar-refractivity contribution < 1.29 is 18.8 Å². The van der Waals surface area contributed by atoms with Crippen molar-refractivity contribution >= 4 is 55.9 Å². The molecule has 0 aliphatic heterocycles. The Kier molecular flexibility index (Phi) is 6.42. The molecule has 0 saturated heterocycles. The highest BCUT2D eigenvalue weighted by Gasteiger charge is 2.22. The fraction of sp³-hybridized carbons (Fsp3) is 0.375. The number of nitrogens with zero attached hydrogens (tertiary/aromatic N) is 2. The Labute approximate surface area is 167 Å². The summed E-state index contributed by atoms with van der Waals surface area (Å²) in [4.78, 5) is 26.1. The van der Waals surface area contributed by atoms with Gasteiger partial charge in [0.2, 0.25) is 0 Å². The SMILES string of the molecule is CC(C)(C)OC(=O)NCCNc1c([N+](=O)[O-])cnc2c(F)c(Br)c(Cl)cc12. The molecule has 0 bridgehead atoms. The summed E-state index contributed by atoms with van der Waals surface area (Å²) in [6.45, 7) is 5.45. The van der Waals surface area contributed by atoms with Crippen LogP contribution in [0.15, 0.2) is 16.7 Å². The molecule has 8 nitrogen and oxygen atoms in total. The van der Waals surface area contributed by atoms with E-state index in [-0.39, 0.29) is 44.9 Å². The molecule has 2 rings (SSSR count). The molecule has 0 aliphatic carbocycles. The number of amides is 1. The van der Waals surface area contributed by atoms with E-state index in [1.54, 1.807) is 20.8 Å². The number of halogens is 3. The van der Waals surface area contributed by atoms with Gasteiger partial charge < -0.3 is 15.4 Å². The maximum atomic E-state index is 14.4. The minimum absolute atomic E-state index is 0.0237. The number of hydrogen-bond acceptors (Lipinski definition) is 6. The van der Waals surface area contributed by atoms with E-state index < -0.39 is 22.4 Å². The van der Waals surface area contributed by atoms with Crippen LogP contribution in [0.1, 0.15) is 20.8 Å². The number of hydrogen-bond donors (Lipinski definition) is 2. The van der Waals surface area contributed by atoms with Gasteiger partial charge in [0.15, 0.2) is 5.82 Å². The van der Waals surface area contributed by atoms with Crippen molar-refractivity contribution in [3.63, 3.8) is 0 Å². The van der Waals surface area contributed by atoms with Crippen LogP contribution in [0.3, 0.4) is 0 Å². The minimum Gasteiger partial charge on any atom is -0.444 e. The molecule has 0 radical (unpaired) electrons. The monoisotopic (exact) mass is 462 g/mol. The number of benzene rings is 1. The summed E-state index contributed by atoms with van der Waals surface area (Å²) in [5.41, 5.74) is -0.986. The van der Waals surface area contributed by atoms with Gasteiger partial charge in [0.1, 0.15) is 23.0 Å². The molecule has 0 unspecified atom stereocenters. The third kappa shape index (κ3) is 5.16. The molecule has 0 fully saturated rings. The zero-order valence-corrected chi connectivity index (χ0v) is 17.1. The topological polar surface area (TPSA) is 106 Å². The van der Waals surface area contributed by atoms with Crippen LogP contribution in [-0.4, -0.2) is 34.7 Å². The predicted molar refractivity (Wildman–Crippen MR) is 104 cm³/mol. The van der Waals surface area contributed by atoms with Crippen molar-refractivity contribution in [2.75, 3.05) is 18.4 Å². The third-order valence-electron chi connectivity index (χ3n) is 3.27. The average molecular weight is 464 g/mol. The number of alkyl carbamates (subject to hydrolysis) is 1. The van der Waals surface area contributed by atoms with E-state index in [9.17, 15) is 19.3 Å². The van der Waals surface area contributed by atoms with Crippen LogP contribution in [0.2, 0.25) is 5.02 Å². The molecule has 27 heavy (non-hydrogen) atoms. The fourth-order valence-corrected chi connectivity index (χ4v) is 2.72. The molecule has 1 amide bonds. The first-order valence-corrected chi connectivity index (χ1v) is 8.99. The predicted octanol–water partition coefficient (Wildman–Crippen LogP) is 4.63. The molecule has 0 atom stereocenters. The largest absolute Gasteiger partial charge is 0.444 e. The normalized spacial score (nSPS) is 11.3. The van der Waals surface area contributed by atoms with Crippen LogP contribution in [0.4, 0.5) is 20.6 Å². The maximum Gasteiger partial charge on any atom is 0.407 e. The number of pyridine rings is 1. The van der Waals surface area contributed by atoms with E-state index >= 15 is 0 Å². The highest BCUT2D eigenvalue weighted by atomic mass is 79.9. The number of rotatable bonds is 5. The van der Waals surface area contributed by atoms with Crippen molar-refractivity contribution in [1.29, 1.82) is 0 Å². The molecule has 1 aromatic carbocycles. The van der Waals surface area contributed by atoms with Crippen LogP contribution in [0.25, 0.3) is 10.9 Å². The van der Waals surface area contributed by atoms with Gasteiger partial charge in [-0.25, -0.2) is 14.2 Å². The van der Waals surface area contributed by atoms with Gasteiger partial charge in [0, 0.05) is 18.5 Å². The molecule has 0 saturated carbocycles. The van der Waals surface area contributed by atoms with Crippen LogP contribution < -0.4 is 10.6 Å². The number of aromatic nitrogens is 1. The molecule has 2 aromatic rings. The summed E-state index contributed by atoms with van der Waals surface area (Å²) in [6.07, 6.45) is 0.353. The number of nitrogens with one attached hydrogen (secondary N) is 2. The van der Waals surface area contributed by atoms with Gasteiger partial charge in [-0.1, -0.05) is 11.6 Å². The second-order valence-electron chi connectivity index (χ2n) is 6.51.